The first-order valence-electron chi connectivity index (χ1n) is 11.4. The highest BCUT2D eigenvalue weighted by atomic mass is 19.1. The summed E-state index contributed by atoms with van der Waals surface area (Å²) in [5.74, 6) is -3.54. The molecular formula is C27H28FN3O4. The topological polar surface area (TPSA) is 81.2 Å². The van der Waals surface area contributed by atoms with Crippen molar-refractivity contribution in [3.05, 3.63) is 83.2 Å². The van der Waals surface area contributed by atoms with E-state index >= 15 is 0 Å². The monoisotopic (exact) mass is 477 g/mol. The predicted molar refractivity (Wildman–Crippen MR) is 131 cm³/mol. The fraction of sp³-hybridized carbons (Fsp3) is 0.296. The number of amides is 2. The van der Waals surface area contributed by atoms with Gasteiger partial charge >= 0.3 is 0 Å². The average Bonchev–Trinajstić information content (AvgIpc) is 3.19. The molecule has 182 valence electrons. The number of ketones is 1. The number of benzene rings is 2. The molecule has 0 unspecified atom stereocenters. The van der Waals surface area contributed by atoms with Gasteiger partial charge in [0.25, 0.3) is 17.6 Å². The van der Waals surface area contributed by atoms with E-state index in [1.54, 1.807) is 37.3 Å². The Hall–Kier alpha value is -3.78. The summed E-state index contributed by atoms with van der Waals surface area (Å²) in [6.07, 6.45) is 2.05. The second kappa shape index (κ2) is 9.11. The van der Waals surface area contributed by atoms with Crippen LogP contribution in [0.1, 0.15) is 23.1 Å². The summed E-state index contributed by atoms with van der Waals surface area (Å²) in [6, 6.07) is 10.9. The van der Waals surface area contributed by atoms with Gasteiger partial charge in [0.15, 0.2) is 5.54 Å². The van der Waals surface area contributed by atoms with Gasteiger partial charge in [-0.3, -0.25) is 14.4 Å². The van der Waals surface area contributed by atoms with Crippen LogP contribution >= 0.6 is 0 Å². The number of hydrogen-bond acceptors (Lipinski definition) is 5. The number of halogens is 1. The van der Waals surface area contributed by atoms with E-state index in [1.165, 1.54) is 21.9 Å². The first-order chi connectivity index (χ1) is 16.7. The van der Waals surface area contributed by atoms with E-state index in [9.17, 15) is 23.9 Å². The molecule has 0 saturated carbocycles. The second-order valence-electron chi connectivity index (χ2n) is 9.06. The van der Waals surface area contributed by atoms with Crippen LogP contribution in [-0.4, -0.2) is 66.2 Å². The van der Waals surface area contributed by atoms with Crippen LogP contribution in [0, 0.1) is 12.7 Å². The number of anilines is 1. The van der Waals surface area contributed by atoms with Gasteiger partial charge < -0.3 is 19.8 Å². The van der Waals surface area contributed by atoms with Gasteiger partial charge in [-0.25, -0.2) is 4.39 Å². The number of aryl methyl sites for hydroxylation is 1. The van der Waals surface area contributed by atoms with Gasteiger partial charge in [0.2, 0.25) is 0 Å². The lowest BCUT2D eigenvalue weighted by Crippen LogP contribution is -2.52. The van der Waals surface area contributed by atoms with Crippen LogP contribution in [0.4, 0.5) is 10.1 Å². The normalized spacial score (nSPS) is 20.9. The predicted octanol–water partition coefficient (Wildman–Crippen LogP) is 3.19. The fourth-order valence-corrected chi connectivity index (χ4v) is 4.91. The molecule has 1 N–H and O–H groups in total. The Morgan fingerprint density at radius 1 is 1.17 bits per heavy atom. The first kappa shape index (κ1) is 24.3. The van der Waals surface area contributed by atoms with Crippen molar-refractivity contribution < 1.29 is 23.9 Å². The number of Topliss-reactive ketones (excluding diaryl/α,β-unsaturated/α-hetero) is 1. The number of likely N-dealkylation sites (tertiary alicyclic amines) is 1. The number of hydrogen-bond donors (Lipinski definition) is 1. The van der Waals surface area contributed by atoms with Gasteiger partial charge in [-0.05, 0) is 51.7 Å². The molecule has 2 amide bonds. The van der Waals surface area contributed by atoms with Gasteiger partial charge in [-0.15, -0.1) is 6.58 Å². The molecule has 4 rings (SSSR count). The number of aliphatic hydroxyl groups is 1. The molecular weight excluding hydrogens is 449 g/mol. The zero-order valence-electron chi connectivity index (χ0n) is 20.0. The Morgan fingerprint density at radius 2 is 1.89 bits per heavy atom. The van der Waals surface area contributed by atoms with Crippen LogP contribution in [0.2, 0.25) is 0 Å². The van der Waals surface area contributed by atoms with Gasteiger partial charge in [0.05, 0.1) is 11.3 Å². The van der Waals surface area contributed by atoms with E-state index in [1.807, 2.05) is 19.0 Å². The largest absolute Gasteiger partial charge is 0.507 e. The highest BCUT2D eigenvalue weighted by Crippen LogP contribution is 2.53. The van der Waals surface area contributed by atoms with Crippen LogP contribution in [0.5, 0.6) is 0 Å². The fourth-order valence-electron chi connectivity index (χ4n) is 4.91. The molecule has 2 aromatic rings. The molecule has 0 bridgehead atoms. The van der Waals surface area contributed by atoms with Crippen LogP contribution in [0.3, 0.4) is 0 Å². The summed E-state index contributed by atoms with van der Waals surface area (Å²) < 4.78 is 14.4. The molecule has 1 fully saturated rings. The van der Waals surface area contributed by atoms with Gasteiger partial charge in [0, 0.05) is 24.2 Å². The lowest BCUT2D eigenvalue weighted by molar-refractivity contribution is -0.143. The maximum Gasteiger partial charge on any atom is 0.296 e. The number of para-hydroxylation sites is 1. The summed E-state index contributed by atoms with van der Waals surface area (Å²) in [5, 5.41) is 11.4. The van der Waals surface area contributed by atoms with Gasteiger partial charge in [-0.1, -0.05) is 36.4 Å². The van der Waals surface area contributed by atoms with Crippen molar-refractivity contribution in [2.45, 2.75) is 18.9 Å². The standard InChI is InChI=1S/C27H28FN3O4/c1-5-13-30-21-10-7-6-9-19(21)27(26(30)35)22(23(32)18-12-11-17(2)20(28)16-18)24(33)25(34)31(27)15-8-14-29(3)4/h5-7,9-12,16,32H,1,8,13-15H2,2-4H3/t27-/m1/s1. The van der Waals surface area contributed by atoms with E-state index in [2.05, 4.69) is 6.58 Å². The summed E-state index contributed by atoms with van der Waals surface area (Å²) in [5.41, 5.74) is -0.875. The molecule has 0 radical (unpaired) electrons. The molecule has 7 nitrogen and oxygen atoms in total. The number of aliphatic hydroxyl groups excluding tert-OH is 1. The minimum atomic E-state index is -1.86. The second-order valence-corrected chi connectivity index (χ2v) is 9.06. The van der Waals surface area contributed by atoms with E-state index in [0.717, 1.165) is 6.07 Å². The van der Waals surface area contributed by atoms with Crippen molar-refractivity contribution in [1.29, 1.82) is 0 Å². The summed E-state index contributed by atoms with van der Waals surface area (Å²) in [6.45, 7) is 6.19. The molecule has 2 aliphatic rings. The smallest absolute Gasteiger partial charge is 0.296 e. The lowest BCUT2D eigenvalue weighted by atomic mass is 9.81. The maximum absolute atomic E-state index is 14.4. The molecule has 2 aromatic carbocycles. The van der Waals surface area contributed by atoms with E-state index in [0.29, 0.717) is 29.8 Å². The van der Waals surface area contributed by atoms with Crippen molar-refractivity contribution in [3.8, 4) is 0 Å². The molecule has 1 atom stereocenters. The van der Waals surface area contributed by atoms with E-state index in [-0.39, 0.29) is 24.2 Å². The summed E-state index contributed by atoms with van der Waals surface area (Å²) in [4.78, 5) is 45.6. The molecule has 2 aliphatic heterocycles. The van der Waals surface area contributed by atoms with Crippen LogP contribution in [-0.2, 0) is 19.9 Å². The average molecular weight is 478 g/mol. The third-order valence-electron chi connectivity index (χ3n) is 6.55. The van der Waals surface area contributed by atoms with Crippen LogP contribution in [0.15, 0.2) is 60.7 Å². The first-order valence-corrected chi connectivity index (χ1v) is 11.4. The number of rotatable bonds is 7. The number of carbonyl (C=O) groups excluding carboxylic acids is 3. The SMILES string of the molecule is C=CCN1C(=O)[C@]2(C(=C(O)c3ccc(C)c(F)c3)C(=O)C(=O)N2CCCN(C)C)c2ccccc21. The van der Waals surface area contributed by atoms with Gasteiger partial charge in [-0.2, -0.15) is 0 Å². The quantitative estimate of drug-likeness (QED) is 0.287. The molecule has 0 aromatic heterocycles. The molecule has 35 heavy (non-hydrogen) atoms. The Morgan fingerprint density at radius 3 is 2.54 bits per heavy atom. The Bertz CT molecular complexity index is 1270. The van der Waals surface area contributed by atoms with Crippen molar-refractivity contribution in [1.82, 2.24) is 9.80 Å². The minimum absolute atomic E-state index is 0.0196. The highest BCUT2D eigenvalue weighted by Gasteiger charge is 2.66. The van der Waals surface area contributed by atoms with E-state index < -0.39 is 34.7 Å². The number of nitrogens with zero attached hydrogens (tertiary/aromatic N) is 3. The summed E-state index contributed by atoms with van der Waals surface area (Å²) in [7, 11) is 3.77. The Labute approximate surface area is 203 Å². The highest BCUT2D eigenvalue weighted by molar-refractivity contribution is 6.50. The maximum atomic E-state index is 14.4. The zero-order valence-corrected chi connectivity index (χ0v) is 20.0. The molecule has 0 aliphatic carbocycles. The van der Waals surface area contributed by atoms with Gasteiger partial charge in [0.1, 0.15) is 11.6 Å². The molecule has 2 heterocycles. The minimum Gasteiger partial charge on any atom is -0.507 e. The van der Waals surface area contributed by atoms with Crippen LogP contribution < -0.4 is 4.90 Å². The van der Waals surface area contributed by atoms with Crippen molar-refractivity contribution in [2.75, 3.05) is 38.6 Å². The van der Waals surface area contributed by atoms with Crippen LogP contribution in [0.25, 0.3) is 5.76 Å². The Balaban J connectivity index is 2.01. The third-order valence-corrected chi connectivity index (χ3v) is 6.55. The van der Waals surface area contributed by atoms with Crippen molar-refractivity contribution in [2.24, 2.45) is 0 Å². The zero-order chi connectivity index (χ0) is 25.5. The molecule has 8 heteroatoms. The van der Waals surface area contributed by atoms with E-state index in [4.69, 9.17) is 0 Å². The number of fused-ring (bicyclic) bond motifs is 2. The lowest BCUT2D eigenvalue weighted by Gasteiger charge is -2.34. The Kier molecular flexibility index (Phi) is 6.34. The number of carbonyl (C=O) groups is 3. The third kappa shape index (κ3) is 3.65. The van der Waals surface area contributed by atoms with Crippen molar-refractivity contribution >= 4 is 29.0 Å². The summed E-state index contributed by atoms with van der Waals surface area (Å²) >= 11 is 0. The molecule has 1 spiro atoms. The van der Waals surface area contributed by atoms with Crippen molar-refractivity contribution in [3.63, 3.8) is 0 Å². The molecule has 1 saturated heterocycles.